The van der Waals surface area contributed by atoms with Gasteiger partial charge < -0.3 is 0 Å². The maximum absolute atomic E-state index is 5.42. The molecule has 10 aromatic rings. The molecule has 0 bridgehead atoms. The molecule has 4 heteroatoms. The van der Waals surface area contributed by atoms with Crippen molar-refractivity contribution in [3.63, 3.8) is 0 Å². The Morgan fingerprint density at radius 2 is 1.19 bits per heavy atom. The van der Waals surface area contributed by atoms with Crippen molar-refractivity contribution in [2.45, 2.75) is 18.8 Å². The monoisotopic (exact) mass is 678 g/mol. The highest BCUT2D eigenvalue weighted by atomic mass is 15.2. The molecular formula is C49H34N4. The van der Waals surface area contributed by atoms with Crippen molar-refractivity contribution in [1.82, 2.24) is 18.9 Å². The maximum Gasteiger partial charge on any atom is 0.221 e. The molecule has 53 heavy (non-hydrogen) atoms. The summed E-state index contributed by atoms with van der Waals surface area (Å²) in [5.41, 5.74) is 12.3. The third-order valence-electron chi connectivity index (χ3n) is 11.3. The molecule has 0 fully saturated rings. The van der Waals surface area contributed by atoms with Gasteiger partial charge in [-0.15, -0.1) is 0 Å². The second-order valence-electron chi connectivity index (χ2n) is 14.5. The average Bonchev–Trinajstić information content (AvgIpc) is 3.78. The molecule has 0 aliphatic heterocycles. The van der Waals surface area contributed by atoms with Crippen LogP contribution in [0.1, 0.15) is 24.5 Å². The van der Waals surface area contributed by atoms with E-state index in [1.165, 1.54) is 49.4 Å². The smallest absolute Gasteiger partial charge is 0.221 e. The van der Waals surface area contributed by atoms with Crippen molar-refractivity contribution in [2.75, 3.05) is 0 Å². The Morgan fingerprint density at radius 1 is 0.547 bits per heavy atom. The van der Waals surface area contributed by atoms with E-state index in [0.29, 0.717) is 0 Å². The van der Waals surface area contributed by atoms with E-state index in [0.717, 1.165) is 51.0 Å². The zero-order valence-electron chi connectivity index (χ0n) is 29.2. The van der Waals surface area contributed by atoms with Crippen LogP contribution in [0, 0.1) is 0 Å². The summed E-state index contributed by atoms with van der Waals surface area (Å²) in [5.74, 6) is 0.835. The summed E-state index contributed by atoms with van der Waals surface area (Å²) in [7, 11) is 0. The molecule has 0 amide bonds. The minimum atomic E-state index is -0.0879. The predicted octanol–water partition coefficient (Wildman–Crippen LogP) is 12.3. The Kier molecular flexibility index (Phi) is 6.41. The topological polar surface area (TPSA) is 35.1 Å². The van der Waals surface area contributed by atoms with Gasteiger partial charge in [0.25, 0.3) is 0 Å². The summed E-state index contributed by atoms with van der Waals surface area (Å²) in [4.78, 5) is 10.6. The first-order valence-corrected chi connectivity index (χ1v) is 18.3. The van der Waals surface area contributed by atoms with Crippen LogP contribution in [0.3, 0.4) is 0 Å². The number of hydrogen-bond donors (Lipinski definition) is 0. The number of rotatable bonds is 4. The van der Waals surface area contributed by atoms with E-state index >= 15 is 0 Å². The summed E-state index contributed by atoms with van der Waals surface area (Å²) in [6, 6.07) is 56.4. The Bertz CT molecular complexity index is 3140. The van der Waals surface area contributed by atoms with Gasteiger partial charge in [-0.3, -0.25) is 8.97 Å². The molecule has 0 spiro atoms. The van der Waals surface area contributed by atoms with Crippen molar-refractivity contribution < 1.29 is 0 Å². The zero-order valence-corrected chi connectivity index (χ0v) is 29.2. The molecule has 7 aromatic carbocycles. The van der Waals surface area contributed by atoms with Gasteiger partial charge in [-0.2, -0.15) is 0 Å². The SMILES string of the molecule is CC1(c2ccc(-c3ccccc3)cc2)C=CC(c2cc3c4ccccc4n(-c4nc5ccccc5c5nc6ccccc6n45)c3c3ccccc23)=CC1. The normalized spacial score (nSPS) is 16.1. The number of benzene rings is 7. The molecule has 3 aromatic heterocycles. The Morgan fingerprint density at radius 3 is 1.96 bits per heavy atom. The first kappa shape index (κ1) is 29.9. The van der Waals surface area contributed by atoms with Crippen LogP contribution in [-0.4, -0.2) is 18.9 Å². The first-order chi connectivity index (χ1) is 26.1. The Hall–Kier alpha value is -6.78. The highest BCUT2D eigenvalue weighted by Crippen LogP contribution is 2.43. The van der Waals surface area contributed by atoms with Crippen LogP contribution in [0.5, 0.6) is 0 Å². The quantitative estimate of drug-likeness (QED) is 0.186. The fourth-order valence-corrected chi connectivity index (χ4v) is 8.57. The molecule has 0 radical (unpaired) electrons. The second-order valence-corrected chi connectivity index (χ2v) is 14.5. The number of fused-ring (bicyclic) bond motifs is 10. The predicted molar refractivity (Wildman–Crippen MR) is 221 cm³/mol. The lowest BCUT2D eigenvalue weighted by atomic mass is 9.75. The molecule has 1 aliphatic rings. The average molecular weight is 679 g/mol. The van der Waals surface area contributed by atoms with Gasteiger partial charge in [0, 0.05) is 27.0 Å². The van der Waals surface area contributed by atoms with Gasteiger partial charge in [0.1, 0.15) is 5.65 Å². The summed E-state index contributed by atoms with van der Waals surface area (Å²) in [6.07, 6.45) is 8.10. The van der Waals surface area contributed by atoms with E-state index in [9.17, 15) is 0 Å². The third kappa shape index (κ3) is 4.49. The number of hydrogen-bond acceptors (Lipinski definition) is 2. The largest absolute Gasteiger partial charge is 0.278 e. The van der Waals surface area contributed by atoms with E-state index in [-0.39, 0.29) is 5.41 Å². The van der Waals surface area contributed by atoms with Crippen molar-refractivity contribution in [2.24, 2.45) is 0 Å². The van der Waals surface area contributed by atoms with Crippen molar-refractivity contribution >= 4 is 65.7 Å². The molecule has 0 N–H and O–H groups in total. The van der Waals surface area contributed by atoms with Gasteiger partial charge in [-0.05, 0) is 76.0 Å². The first-order valence-electron chi connectivity index (χ1n) is 18.3. The van der Waals surface area contributed by atoms with Crippen LogP contribution in [0.15, 0.2) is 176 Å². The van der Waals surface area contributed by atoms with Crippen LogP contribution in [0.2, 0.25) is 0 Å². The number of imidazole rings is 1. The molecule has 4 nitrogen and oxygen atoms in total. The second kappa shape index (κ2) is 11.4. The van der Waals surface area contributed by atoms with E-state index in [1.807, 2.05) is 0 Å². The summed E-state index contributed by atoms with van der Waals surface area (Å²) in [6.45, 7) is 2.35. The lowest BCUT2D eigenvalue weighted by molar-refractivity contribution is 0.601. The highest BCUT2D eigenvalue weighted by molar-refractivity contribution is 6.21. The number of allylic oxidation sites excluding steroid dienone is 4. The summed E-state index contributed by atoms with van der Waals surface area (Å²) in [5, 5.41) is 5.87. The summed E-state index contributed by atoms with van der Waals surface area (Å²) >= 11 is 0. The Labute approximate surface area is 306 Å². The third-order valence-corrected chi connectivity index (χ3v) is 11.3. The van der Waals surface area contributed by atoms with E-state index in [2.05, 4.69) is 192 Å². The molecule has 250 valence electrons. The van der Waals surface area contributed by atoms with Gasteiger partial charge in [-0.1, -0.05) is 146 Å². The molecule has 1 atom stereocenters. The van der Waals surface area contributed by atoms with E-state index in [4.69, 9.17) is 9.97 Å². The lowest BCUT2D eigenvalue weighted by Gasteiger charge is -2.29. The molecule has 3 heterocycles. The number of aromatic nitrogens is 4. The van der Waals surface area contributed by atoms with Gasteiger partial charge >= 0.3 is 0 Å². The molecular weight excluding hydrogens is 645 g/mol. The van der Waals surface area contributed by atoms with Gasteiger partial charge in [0.15, 0.2) is 0 Å². The minimum Gasteiger partial charge on any atom is -0.278 e. The lowest BCUT2D eigenvalue weighted by Crippen LogP contribution is -2.20. The van der Waals surface area contributed by atoms with Crippen LogP contribution >= 0.6 is 0 Å². The Balaban J connectivity index is 1.11. The number of para-hydroxylation sites is 4. The van der Waals surface area contributed by atoms with Gasteiger partial charge in [0.2, 0.25) is 5.95 Å². The van der Waals surface area contributed by atoms with E-state index < -0.39 is 0 Å². The fraction of sp³-hybridized carbons (Fsp3) is 0.0612. The van der Waals surface area contributed by atoms with Crippen LogP contribution < -0.4 is 0 Å². The minimum absolute atomic E-state index is 0.0879. The molecule has 1 unspecified atom stereocenters. The van der Waals surface area contributed by atoms with E-state index in [1.54, 1.807) is 0 Å². The van der Waals surface area contributed by atoms with Gasteiger partial charge in [0.05, 0.1) is 27.6 Å². The molecule has 1 aliphatic carbocycles. The number of nitrogens with zero attached hydrogens (tertiary/aromatic N) is 4. The van der Waals surface area contributed by atoms with Crippen molar-refractivity contribution in [3.05, 3.63) is 187 Å². The maximum atomic E-state index is 5.42. The van der Waals surface area contributed by atoms with Gasteiger partial charge in [-0.25, -0.2) is 9.97 Å². The molecule has 0 saturated carbocycles. The molecule has 0 saturated heterocycles. The fourth-order valence-electron chi connectivity index (χ4n) is 8.57. The summed E-state index contributed by atoms with van der Waals surface area (Å²) < 4.78 is 4.61. The van der Waals surface area contributed by atoms with Crippen molar-refractivity contribution in [3.8, 4) is 17.1 Å². The van der Waals surface area contributed by atoms with Crippen LogP contribution in [0.4, 0.5) is 0 Å². The van der Waals surface area contributed by atoms with Crippen LogP contribution in [0.25, 0.3) is 82.8 Å². The zero-order chi connectivity index (χ0) is 35.1. The van der Waals surface area contributed by atoms with Crippen molar-refractivity contribution in [1.29, 1.82) is 0 Å². The standard InChI is InChI=1S/C49H34N4/c1-49(35-25-23-33(24-26-35)32-13-3-2-4-14-32)29-27-34(28-30-49)40-31-41-37-16-8-11-21-44(37)52(46(41)38-17-6-5-15-36(38)40)48-51-42-19-9-7-18-39(42)47-50-43-20-10-12-22-45(43)53(47)48/h2-29,31H,30H2,1H3. The highest BCUT2D eigenvalue weighted by Gasteiger charge is 2.27. The van der Waals surface area contributed by atoms with Crippen LogP contribution in [-0.2, 0) is 5.41 Å². The molecule has 11 rings (SSSR count).